The van der Waals surface area contributed by atoms with Gasteiger partial charge in [-0.2, -0.15) is 0 Å². The zero-order valence-electron chi connectivity index (χ0n) is 18.3. The number of hydrogen-bond donors (Lipinski definition) is 2. The van der Waals surface area contributed by atoms with E-state index in [9.17, 15) is 9.59 Å². The van der Waals surface area contributed by atoms with Crippen LogP contribution in [0.2, 0.25) is 0 Å². The van der Waals surface area contributed by atoms with Gasteiger partial charge in [0.05, 0.1) is 18.9 Å². The molecule has 33 heavy (non-hydrogen) atoms. The van der Waals surface area contributed by atoms with Crippen molar-refractivity contribution in [3.05, 3.63) is 78.0 Å². The van der Waals surface area contributed by atoms with Gasteiger partial charge in [-0.25, -0.2) is 0 Å². The number of carbonyl (C=O) groups excluding carboxylic acids is 2. The van der Waals surface area contributed by atoms with Crippen LogP contribution in [-0.2, 0) is 4.74 Å². The second-order valence-electron chi connectivity index (χ2n) is 8.36. The highest BCUT2D eigenvalue weighted by atomic mass is 16.5. The van der Waals surface area contributed by atoms with Crippen LogP contribution in [0.25, 0.3) is 11.3 Å². The molecule has 5 rings (SSSR count). The van der Waals surface area contributed by atoms with Gasteiger partial charge in [0, 0.05) is 53.4 Å². The van der Waals surface area contributed by atoms with E-state index in [1.165, 1.54) is 0 Å². The maximum absolute atomic E-state index is 12.8. The Morgan fingerprint density at radius 2 is 1.61 bits per heavy atom. The van der Waals surface area contributed by atoms with E-state index < -0.39 is 0 Å². The number of nitrogens with zero attached hydrogens (tertiary/aromatic N) is 2. The quantitative estimate of drug-likeness (QED) is 0.608. The number of amides is 2. The van der Waals surface area contributed by atoms with Gasteiger partial charge >= 0.3 is 0 Å². The van der Waals surface area contributed by atoms with Crippen LogP contribution < -0.4 is 15.5 Å². The lowest BCUT2D eigenvalue weighted by atomic mass is 10.1. The van der Waals surface area contributed by atoms with Crippen LogP contribution >= 0.6 is 0 Å². The Labute approximate surface area is 192 Å². The molecule has 1 saturated carbocycles. The largest absolute Gasteiger partial charge is 0.378 e. The lowest BCUT2D eigenvalue weighted by molar-refractivity contribution is 0.0950. The van der Waals surface area contributed by atoms with E-state index in [0.717, 1.165) is 56.1 Å². The first-order chi connectivity index (χ1) is 16.2. The molecule has 7 heteroatoms. The number of benzene rings is 2. The second kappa shape index (κ2) is 9.42. The molecule has 2 fully saturated rings. The van der Waals surface area contributed by atoms with E-state index in [2.05, 4.69) is 20.5 Å². The summed E-state index contributed by atoms with van der Waals surface area (Å²) < 4.78 is 5.40. The first kappa shape index (κ1) is 21.2. The summed E-state index contributed by atoms with van der Waals surface area (Å²) in [6, 6.07) is 18.9. The van der Waals surface area contributed by atoms with Crippen LogP contribution in [0.3, 0.4) is 0 Å². The number of rotatable bonds is 6. The lowest BCUT2D eigenvalue weighted by Crippen LogP contribution is -2.36. The Morgan fingerprint density at radius 3 is 2.30 bits per heavy atom. The summed E-state index contributed by atoms with van der Waals surface area (Å²) in [6.45, 7) is 3.22. The maximum atomic E-state index is 12.8. The molecule has 2 aliphatic rings. The number of ether oxygens (including phenoxy) is 1. The molecule has 2 amide bonds. The zero-order chi connectivity index (χ0) is 22.6. The highest BCUT2D eigenvalue weighted by Gasteiger charge is 2.23. The highest BCUT2D eigenvalue weighted by Crippen LogP contribution is 2.23. The third-order valence-corrected chi connectivity index (χ3v) is 5.88. The zero-order valence-corrected chi connectivity index (χ0v) is 18.3. The van der Waals surface area contributed by atoms with Gasteiger partial charge < -0.3 is 20.3 Å². The van der Waals surface area contributed by atoms with Crippen LogP contribution in [0.5, 0.6) is 0 Å². The van der Waals surface area contributed by atoms with E-state index in [-0.39, 0.29) is 11.8 Å². The summed E-state index contributed by atoms with van der Waals surface area (Å²) in [7, 11) is 0. The van der Waals surface area contributed by atoms with Gasteiger partial charge in [-0.3, -0.25) is 14.6 Å². The molecule has 7 nitrogen and oxygen atoms in total. The van der Waals surface area contributed by atoms with Crippen molar-refractivity contribution in [2.45, 2.75) is 18.9 Å². The summed E-state index contributed by atoms with van der Waals surface area (Å²) in [5.74, 6) is -0.247. The first-order valence-corrected chi connectivity index (χ1v) is 11.3. The molecular weight excluding hydrogens is 416 g/mol. The van der Waals surface area contributed by atoms with Gasteiger partial charge in [0.25, 0.3) is 11.8 Å². The molecular formula is C26H26N4O3. The first-order valence-electron chi connectivity index (χ1n) is 11.3. The fourth-order valence-corrected chi connectivity index (χ4v) is 3.80. The van der Waals surface area contributed by atoms with Crippen molar-refractivity contribution < 1.29 is 14.3 Å². The van der Waals surface area contributed by atoms with E-state index >= 15 is 0 Å². The minimum absolute atomic E-state index is 0.0511. The fourth-order valence-electron chi connectivity index (χ4n) is 3.80. The van der Waals surface area contributed by atoms with E-state index in [1.807, 2.05) is 36.4 Å². The van der Waals surface area contributed by atoms with E-state index in [1.54, 1.807) is 30.5 Å². The fraction of sp³-hybridized carbons (Fsp3) is 0.269. The summed E-state index contributed by atoms with van der Waals surface area (Å²) in [6.07, 6.45) is 3.74. The number of hydrogen-bond acceptors (Lipinski definition) is 5. The van der Waals surface area contributed by atoms with Gasteiger partial charge in [0.2, 0.25) is 0 Å². The third kappa shape index (κ3) is 5.21. The van der Waals surface area contributed by atoms with Crippen molar-refractivity contribution in [3.8, 4) is 11.3 Å². The highest BCUT2D eigenvalue weighted by molar-refractivity contribution is 6.04. The molecule has 1 saturated heterocycles. The summed E-state index contributed by atoms with van der Waals surface area (Å²) >= 11 is 0. The number of nitrogens with one attached hydrogen (secondary N) is 2. The monoisotopic (exact) mass is 442 g/mol. The van der Waals surface area contributed by atoms with Gasteiger partial charge in [-0.05, 0) is 61.4 Å². The Morgan fingerprint density at radius 1 is 0.879 bits per heavy atom. The van der Waals surface area contributed by atoms with Crippen LogP contribution in [0.1, 0.15) is 33.6 Å². The Hall–Kier alpha value is -3.71. The predicted octanol–water partition coefficient (Wildman–Crippen LogP) is 3.73. The molecule has 1 aliphatic heterocycles. The third-order valence-electron chi connectivity index (χ3n) is 5.88. The van der Waals surface area contributed by atoms with Crippen molar-refractivity contribution in [1.82, 2.24) is 10.3 Å². The minimum atomic E-state index is -0.196. The van der Waals surface area contributed by atoms with Crippen molar-refractivity contribution in [3.63, 3.8) is 0 Å². The van der Waals surface area contributed by atoms with Gasteiger partial charge in [0.1, 0.15) is 0 Å². The van der Waals surface area contributed by atoms with Gasteiger partial charge in [0.15, 0.2) is 0 Å². The summed E-state index contributed by atoms with van der Waals surface area (Å²) in [5.41, 5.74) is 4.54. The topological polar surface area (TPSA) is 83.6 Å². The number of aromatic nitrogens is 1. The second-order valence-corrected chi connectivity index (χ2v) is 8.36. The van der Waals surface area contributed by atoms with E-state index in [0.29, 0.717) is 22.9 Å². The van der Waals surface area contributed by atoms with Crippen LogP contribution in [0.4, 0.5) is 11.4 Å². The minimum Gasteiger partial charge on any atom is -0.378 e. The van der Waals surface area contributed by atoms with Crippen molar-refractivity contribution in [1.29, 1.82) is 0 Å². The molecule has 0 spiro atoms. The van der Waals surface area contributed by atoms with Crippen molar-refractivity contribution >= 4 is 23.2 Å². The Kier molecular flexibility index (Phi) is 6.04. The molecule has 0 radical (unpaired) electrons. The average molecular weight is 443 g/mol. The van der Waals surface area contributed by atoms with Crippen LogP contribution in [0.15, 0.2) is 66.9 Å². The molecule has 1 aromatic heterocycles. The molecule has 1 aliphatic carbocycles. The smallest absolute Gasteiger partial charge is 0.255 e. The summed E-state index contributed by atoms with van der Waals surface area (Å²) in [4.78, 5) is 31.7. The number of pyridine rings is 1. The molecule has 2 heterocycles. The molecule has 0 atom stereocenters. The molecule has 2 aromatic carbocycles. The van der Waals surface area contributed by atoms with Crippen molar-refractivity contribution in [2.24, 2.45) is 0 Å². The van der Waals surface area contributed by atoms with Crippen LogP contribution in [-0.4, -0.2) is 49.1 Å². The number of anilines is 2. The van der Waals surface area contributed by atoms with Crippen LogP contribution in [0, 0.1) is 0 Å². The average Bonchev–Trinajstić information content (AvgIpc) is 3.69. The molecule has 3 aromatic rings. The normalized spacial score (nSPS) is 15.7. The number of morpholine rings is 1. The molecule has 2 N–H and O–H groups in total. The standard InChI is InChI=1S/C26H26N4O3/c31-25(28-21-5-6-21)19-3-1-18(2-4-19)24-17-20(11-12-27-24)26(32)29-22-7-9-23(10-8-22)30-13-15-33-16-14-30/h1-4,7-12,17,21H,5-6,13-16H2,(H,28,31)(H,29,32). The summed E-state index contributed by atoms with van der Waals surface area (Å²) in [5, 5.41) is 5.94. The van der Waals surface area contributed by atoms with Gasteiger partial charge in [-0.1, -0.05) is 12.1 Å². The Bertz CT molecular complexity index is 1130. The molecule has 0 bridgehead atoms. The SMILES string of the molecule is O=C(Nc1ccc(N2CCOCC2)cc1)c1ccnc(-c2ccc(C(=O)NC3CC3)cc2)c1. The molecule has 168 valence electrons. The van der Waals surface area contributed by atoms with Gasteiger partial charge in [-0.15, -0.1) is 0 Å². The number of carbonyl (C=O) groups is 2. The maximum Gasteiger partial charge on any atom is 0.255 e. The van der Waals surface area contributed by atoms with E-state index in [4.69, 9.17) is 4.74 Å². The van der Waals surface area contributed by atoms with Crippen molar-refractivity contribution in [2.75, 3.05) is 36.5 Å². The lowest BCUT2D eigenvalue weighted by Gasteiger charge is -2.28. The molecule has 0 unspecified atom stereocenters. The Balaban J connectivity index is 1.24. The predicted molar refractivity (Wildman–Crippen MR) is 128 cm³/mol.